The van der Waals surface area contributed by atoms with Gasteiger partial charge >= 0.3 is 0 Å². The third kappa shape index (κ3) is 3.19. The highest BCUT2D eigenvalue weighted by molar-refractivity contribution is 5.71. The molecule has 0 aromatic rings. The highest BCUT2D eigenvalue weighted by atomic mass is 16.3. The van der Waals surface area contributed by atoms with E-state index in [2.05, 4.69) is 6.58 Å². The zero-order valence-electron chi connectivity index (χ0n) is 4.05. The molecule has 0 aromatic carbocycles. The van der Waals surface area contributed by atoms with Gasteiger partial charge in [0.1, 0.15) is 6.29 Å². The van der Waals surface area contributed by atoms with Gasteiger partial charge in [-0.15, -0.1) is 0 Å². The maximum absolute atomic E-state index is 9.68. The Labute approximate surface area is 42.5 Å². The number of rotatable bonds is 3. The summed E-state index contributed by atoms with van der Waals surface area (Å²) in [4.78, 5) is 9.68. The summed E-state index contributed by atoms with van der Waals surface area (Å²) in [6.45, 7) is 3.35. The third-order valence-electron chi connectivity index (χ3n) is 0.600. The summed E-state index contributed by atoms with van der Waals surface area (Å²) in [6.07, 6.45) is 1.04. The zero-order chi connectivity index (χ0) is 5.70. The van der Waals surface area contributed by atoms with Crippen LogP contribution in [-0.4, -0.2) is 18.0 Å². The second kappa shape index (κ2) is 3.56. The summed E-state index contributed by atoms with van der Waals surface area (Å²) < 4.78 is 0. The molecule has 0 radical (unpaired) electrons. The normalized spacial score (nSPS) is 8.14. The minimum Gasteiger partial charge on any atom is -0.396 e. The maximum atomic E-state index is 9.68. The molecule has 1 N–H and O–H groups in total. The predicted molar refractivity (Wildman–Crippen MR) is 26.9 cm³/mol. The number of aliphatic hydroxyl groups excluding tert-OH is 1. The summed E-state index contributed by atoms with van der Waals surface area (Å²) in [5.74, 6) is 0. The Hall–Kier alpha value is -0.630. The van der Waals surface area contributed by atoms with Crippen LogP contribution in [0.15, 0.2) is 12.2 Å². The molecule has 0 saturated heterocycles. The van der Waals surface area contributed by atoms with Gasteiger partial charge in [-0.1, -0.05) is 6.58 Å². The predicted octanol–water partition coefficient (Wildman–Crippen LogP) is 0.124. The van der Waals surface area contributed by atoms with Crippen LogP contribution in [0.3, 0.4) is 0 Å². The van der Waals surface area contributed by atoms with Crippen LogP contribution < -0.4 is 0 Å². The van der Waals surface area contributed by atoms with Crippen LogP contribution in [0.4, 0.5) is 0 Å². The van der Waals surface area contributed by atoms with E-state index in [1.807, 2.05) is 0 Å². The lowest BCUT2D eigenvalue weighted by atomic mass is 10.2. The van der Waals surface area contributed by atoms with Gasteiger partial charge < -0.3 is 5.11 Å². The first-order valence-corrected chi connectivity index (χ1v) is 2.05. The lowest BCUT2D eigenvalue weighted by molar-refractivity contribution is -0.105. The van der Waals surface area contributed by atoms with Crippen molar-refractivity contribution < 1.29 is 9.90 Å². The molecule has 40 valence electrons. The first-order valence-electron chi connectivity index (χ1n) is 2.05. The van der Waals surface area contributed by atoms with Crippen LogP contribution in [0.1, 0.15) is 6.42 Å². The van der Waals surface area contributed by atoms with E-state index in [0.29, 0.717) is 18.3 Å². The van der Waals surface area contributed by atoms with Crippen molar-refractivity contribution in [3.63, 3.8) is 0 Å². The Balaban J connectivity index is 3.17. The van der Waals surface area contributed by atoms with Crippen LogP contribution in [0.25, 0.3) is 0 Å². The molecule has 0 unspecified atom stereocenters. The minimum atomic E-state index is 0.0115. The van der Waals surface area contributed by atoms with E-state index in [9.17, 15) is 4.79 Å². The fraction of sp³-hybridized carbons (Fsp3) is 0.400. The summed E-state index contributed by atoms with van der Waals surface area (Å²) >= 11 is 0. The molecule has 0 atom stereocenters. The number of carbonyl (C=O) groups excluding carboxylic acids is 1. The second-order valence-electron chi connectivity index (χ2n) is 1.25. The Bertz CT molecular complexity index is 76.1. The number of hydrogen-bond acceptors (Lipinski definition) is 2. The van der Waals surface area contributed by atoms with Crippen LogP contribution in [0, 0.1) is 0 Å². The van der Waals surface area contributed by atoms with Gasteiger partial charge in [0.15, 0.2) is 0 Å². The smallest absolute Gasteiger partial charge is 0.145 e. The van der Waals surface area contributed by atoms with Crippen LogP contribution >= 0.6 is 0 Å². The zero-order valence-corrected chi connectivity index (χ0v) is 4.05. The van der Waals surface area contributed by atoms with Crippen molar-refractivity contribution in [2.75, 3.05) is 6.61 Å². The van der Waals surface area contributed by atoms with Gasteiger partial charge in [0.2, 0.25) is 0 Å². The van der Waals surface area contributed by atoms with Gasteiger partial charge in [0.25, 0.3) is 0 Å². The van der Waals surface area contributed by atoms with E-state index >= 15 is 0 Å². The van der Waals surface area contributed by atoms with Crippen molar-refractivity contribution >= 4 is 6.29 Å². The highest BCUT2D eigenvalue weighted by Crippen LogP contribution is 1.88. The third-order valence-corrected chi connectivity index (χ3v) is 0.600. The largest absolute Gasteiger partial charge is 0.396 e. The van der Waals surface area contributed by atoms with Gasteiger partial charge in [0, 0.05) is 6.61 Å². The Morgan fingerprint density at radius 1 is 1.86 bits per heavy atom. The van der Waals surface area contributed by atoms with Crippen molar-refractivity contribution in [1.82, 2.24) is 0 Å². The fourth-order valence-electron chi connectivity index (χ4n) is 0.203. The first kappa shape index (κ1) is 6.37. The summed E-state index contributed by atoms with van der Waals surface area (Å²) in [5, 5.41) is 8.15. The molecule has 0 fully saturated rings. The quantitative estimate of drug-likeness (QED) is 0.404. The molecule has 0 aliphatic heterocycles. The molecule has 2 heteroatoms. The summed E-state index contributed by atoms with van der Waals surface area (Å²) in [5.41, 5.74) is 0.447. The van der Waals surface area contributed by atoms with Gasteiger partial charge in [-0.2, -0.15) is 0 Å². The lowest BCUT2D eigenvalue weighted by Crippen LogP contribution is -1.86. The fourth-order valence-corrected chi connectivity index (χ4v) is 0.203. The molecule has 0 amide bonds. The molecule has 0 heterocycles. The van der Waals surface area contributed by atoms with Crippen molar-refractivity contribution in [3.8, 4) is 0 Å². The standard InChI is InChI=1S/C5H8O2/c1-5(4-7)2-3-6/h4,6H,1-3H2. The molecular formula is C5H8O2. The van der Waals surface area contributed by atoms with Gasteiger partial charge in [0.05, 0.1) is 0 Å². The molecule has 0 aliphatic carbocycles. The summed E-state index contributed by atoms with van der Waals surface area (Å²) in [7, 11) is 0. The topological polar surface area (TPSA) is 37.3 Å². The molecule has 0 bridgehead atoms. The van der Waals surface area contributed by atoms with Crippen molar-refractivity contribution in [2.45, 2.75) is 6.42 Å². The average molecular weight is 100 g/mol. The lowest BCUT2D eigenvalue weighted by Gasteiger charge is -1.86. The molecule has 0 aliphatic rings. The highest BCUT2D eigenvalue weighted by Gasteiger charge is 1.84. The van der Waals surface area contributed by atoms with Gasteiger partial charge in [-0.3, -0.25) is 4.79 Å². The van der Waals surface area contributed by atoms with E-state index in [-0.39, 0.29) is 6.61 Å². The van der Waals surface area contributed by atoms with E-state index in [4.69, 9.17) is 5.11 Å². The minimum absolute atomic E-state index is 0.0115. The second-order valence-corrected chi connectivity index (χ2v) is 1.25. The number of carbonyl (C=O) groups is 1. The molecule has 0 spiro atoms. The van der Waals surface area contributed by atoms with Crippen LogP contribution in [0.2, 0.25) is 0 Å². The van der Waals surface area contributed by atoms with Crippen LogP contribution in [-0.2, 0) is 4.79 Å². The first-order chi connectivity index (χ1) is 3.31. The average Bonchev–Trinajstić information content (AvgIpc) is 1.68. The summed E-state index contributed by atoms with van der Waals surface area (Å²) in [6, 6.07) is 0. The number of aldehydes is 1. The Kier molecular flexibility index (Phi) is 3.24. The number of aliphatic hydroxyl groups is 1. The van der Waals surface area contributed by atoms with E-state index in [1.54, 1.807) is 0 Å². The van der Waals surface area contributed by atoms with Gasteiger partial charge in [-0.25, -0.2) is 0 Å². The SMILES string of the molecule is C=C(C=O)CCO. The van der Waals surface area contributed by atoms with Crippen molar-refractivity contribution in [1.29, 1.82) is 0 Å². The Morgan fingerprint density at radius 3 is 2.57 bits per heavy atom. The molecule has 0 rings (SSSR count). The maximum Gasteiger partial charge on any atom is 0.145 e. The monoisotopic (exact) mass is 100 g/mol. The van der Waals surface area contributed by atoms with Crippen LogP contribution in [0.5, 0.6) is 0 Å². The number of hydrogen-bond donors (Lipinski definition) is 1. The molecular weight excluding hydrogens is 92.1 g/mol. The molecule has 0 saturated carbocycles. The van der Waals surface area contributed by atoms with E-state index < -0.39 is 0 Å². The van der Waals surface area contributed by atoms with E-state index in [0.717, 1.165) is 0 Å². The Morgan fingerprint density at radius 2 is 2.43 bits per heavy atom. The molecule has 0 aromatic heterocycles. The molecule has 7 heavy (non-hydrogen) atoms. The molecule has 2 nitrogen and oxygen atoms in total. The van der Waals surface area contributed by atoms with E-state index in [1.165, 1.54) is 0 Å². The van der Waals surface area contributed by atoms with Crippen molar-refractivity contribution in [3.05, 3.63) is 12.2 Å². The van der Waals surface area contributed by atoms with Gasteiger partial charge in [-0.05, 0) is 12.0 Å². The van der Waals surface area contributed by atoms with Crippen molar-refractivity contribution in [2.24, 2.45) is 0 Å².